The molecule has 4 aromatic rings. The number of H-pyrrole nitrogens is 4. The Hall–Kier alpha value is -5.42. The normalized spacial score (nSPS) is 12.3. The third-order valence-electron chi connectivity index (χ3n) is 6.77. The van der Waals surface area contributed by atoms with Gasteiger partial charge in [-0.05, 0) is 61.4 Å². The molecule has 0 atom stereocenters. The van der Waals surface area contributed by atoms with Gasteiger partial charge in [0.25, 0.3) is 0 Å². The zero-order valence-electron chi connectivity index (χ0n) is 24.3. The second-order valence-corrected chi connectivity index (χ2v) is 9.19. The van der Waals surface area contributed by atoms with Crippen molar-refractivity contribution in [1.29, 1.82) is 0 Å². The maximum Gasteiger partial charge on any atom is 0.427 e. The van der Waals surface area contributed by atoms with Crippen LogP contribution in [0.1, 0.15) is 75.0 Å². The second-order valence-electron chi connectivity index (χ2n) is 9.19. The number of aromatic nitrogens is 10. The van der Waals surface area contributed by atoms with Gasteiger partial charge in [0.05, 0.1) is 13.2 Å². The number of hydrazone groups is 2. The molecule has 6 N–H and O–H groups in total. The van der Waals surface area contributed by atoms with Crippen molar-refractivity contribution in [2.75, 3.05) is 13.2 Å². The monoisotopic (exact) mass is 594 g/mol. The molecule has 0 aliphatic heterocycles. The predicted octanol–water partition coefficient (Wildman–Crippen LogP) is 1.86. The van der Waals surface area contributed by atoms with Gasteiger partial charge in [-0.2, -0.15) is 20.6 Å². The van der Waals surface area contributed by atoms with E-state index in [1.165, 1.54) is 0 Å². The summed E-state index contributed by atoms with van der Waals surface area (Å²) >= 11 is 0. The molecular formula is C25H34N14O4. The fourth-order valence-corrected chi connectivity index (χ4v) is 4.62. The maximum atomic E-state index is 11.8. The molecule has 2 amide bonds. The Morgan fingerprint density at radius 2 is 1.19 bits per heavy atom. The molecule has 0 radical (unpaired) electrons. The van der Waals surface area contributed by atoms with Crippen LogP contribution in [-0.4, -0.2) is 88.0 Å². The van der Waals surface area contributed by atoms with E-state index in [2.05, 4.69) is 86.1 Å². The van der Waals surface area contributed by atoms with E-state index in [4.69, 9.17) is 9.47 Å². The molecule has 18 nitrogen and oxygen atoms in total. The number of rotatable bonds is 14. The van der Waals surface area contributed by atoms with Gasteiger partial charge in [0.2, 0.25) is 11.6 Å². The first-order chi connectivity index (χ1) is 20.9. The summed E-state index contributed by atoms with van der Waals surface area (Å²) in [5.41, 5.74) is 8.76. The molecule has 43 heavy (non-hydrogen) atoms. The van der Waals surface area contributed by atoms with E-state index in [1.807, 2.05) is 24.3 Å². The van der Waals surface area contributed by atoms with E-state index in [1.54, 1.807) is 13.8 Å². The summed E-state index contributed by atoms with van der Waals surface area (Å²) in [5.74, 6) is 0.492. The number of hydrogen-bond donors (Lipinski definition) is 6. The van der Waals surface area contributed by atoms with Gasteiger partial charge in [-0.3, -0.25) is 0 Å². The number of carbonyl (C=O) groups is 2. The molecule has 0 aliphatic rings. The van der Waals surface area contributed by atoms with Gasteiger partial charge < -0.3 is 19.4 Å². The van der Waals surface area contributed by atoms with E-state index >= 15 is 0 Å². The highest BCUT2D eigenvalue weighted by molar-refractivity contribution is 5.99. The van der Waals surface area contributed by atoms with Crippen molar-refractivity contribution in [1.82, 2.24) is 62.1 Å². The third kappa shape index (κ3) is 7.46. The highest BCUT2D eigenvalue weighted by Crippen LogP contribution is 2.38. The van der Waals surface area contributed by atoms with Gasteiger partial charge in [-0.1, -0.05) is 13.8 Å². The van der Waals surface area contributed by atoms with Gasteiger partial charge in [0.15, 0.2) is 0 Å². The van der Waals surface area contributed by atoms with Gasteiger partial charge in [-0.25, -0.2) is 20.4 Å². The molecule has 0 saturated carbocycles. The van der Waals surface area contributed by atoms with E-state index in [9.17, 15) is 9.59 Å². The van der Waals surface area contributed by atoms with Gasteiger partial charge in [0, 0.05) is 41.0 Å². The van der Waals surface area contributed by atoms with Crippen LogP contribution in [0.3, 0.4) is 0 Å². The van der Waals surface area contributed by atoms with Crippen LogP contribution in [0, 0.1) is 0 Å². The molecule has 0 spiro atoms. The lowest BCUT2D eigenvalue weighted by Gasteiger charge is -2.30. The summed E-state index contributed by atoms with van der Waals surface area (Å²) in [4.78, 5) is 30.7. The molecule has 0 aliphatic carbocycles. The number of tetrazole rings is 2. The number of nitrogens with one attached hydrogen (secondary N) is 6. The van der Waals surface area contributed by atoms with Crippen molar-refractivity contribution in [3.05, 3.63) is 58.7 Å². The SMILES string of the molecule is CCOC(=O)N/N=C(/Cc1ccc(C(CC)(CC)c2ccc(C/C(=N/NC(=O)OCC)c3nn[nH]n3)[nH]2)[nH]1)c1nn[nH]n1. The van der Waals surface area contributed by atoms with Crippen LogP contribution in [0.5, 0.6) is 0 Å². The first-order valence-electron chi connectivity index (χ1n) is 13.7. The molecule has 0 bridgehead atoms. The summed E-state index contributed by atoms with van der Waals surface area (Å²) in [6, 6.07) is 7.98. The average molecular weight is 595 g/mol. The molecule has 18 heteroatoms. The fourth-order valence-electron chi connectivity index (χ4n) is 4.62. The summed E-state index contributed by atoms with van der Waals surface area (Å²) in [6.45, 7) is 8.07. The van der Waals surface area contributed by atoms with Gasteiger partial charge in [-0.15, -0.1) is 20.4 Å². The number of amides is 2. The molecule has 0 aromatic carbocycles. The number of carbonyl (C=O) groups excluding carboxylic acids is 2. The largest absolute Gasteiger partial charge is 0.449 e. The van der Waals surface area contributed by atoms with Crippen LogP contribution in [-0.2, 0) is 27.7 Å². The Bertz CT molecular complexity index is 1410. The summed E-state index contributed by atoms with van der Waals surface area (Å²) in [5, 5.41) is 36.3. The van der Waals surface area contributed by atoms with E-state index in [-0.39, 0.29) is 30.3 Å². The number of aromatic amines is 4. The Labute approximate surface area is 245 Å². The van der Waals surface area contributed by atoms with Crippen LogP contribution in [0.15, 0.2) is 34.5 Å². The van der Waals surface area contributed by atoms with Gasteiger partial charge >= 0.3 is 12.2 Å². The Balaban J connectivity index is 1.57. The van der Waals surface area contributed by atoms with Crippen LogP contribution >= 0.6 is 0 Å². The Kier molecular flexibility index (Phi) is 10.3. The van der Waals surface area contributed by atoms with Crippen molar-refractivity contribution < 1.29 is 19.1 Å². The molecule has 4 aromatic heterocycles. The van der Waals surface area contributed by atoms with Crippen molar-refractivity contribution in [2.24, 2.45) is 10.2 Å². The molecule has 228 valence electrons. The first-order valence-corrected chi connectivity index (χ1v) is 13.7. The quantitative estimate of drug-likeness (QED) is 0.0914. The summed E-state index contributed by atoms with van der Waals surface area (Å²) in [7, 11) is 0. The lowest BCUT2D eigenvalue weighted by Crippen LogP contribution is -2.27. The zero-order chi connectivity index (χ0) is 30.7. The van der Waals surface area contributed by atoms with Crippen molar-refractivity contribution in [2.45, 2.75) is 58.8 Å². The first kappa shape index (κ1) is 30.5. The van der Waals surface area contributed by atoms with E-state index in [0.29, 0.717) is 24.3 Å². The lowest BCUT2D eigenvalue weighted by atomic mass is 9.76. The van der Waals surface area contributed by atoms with Crippen LogP contribution in [0.2, 0.25) is 0 Å². The minimum atomic E-state index is -0.682. The Morgan fingerprint density at radius 3 is 1.53 bits per heavy atom. The van der Waals surface area contributed by atoms with Crippen LogP contribution < -0.4 is 10.9 Å². The van der Waals surface area contributed by atoms with Crippen LogP contribution in [0.4, 0.5) is 9.59 Å². The average Bonchev–Trinajstić information content (AvgIpc) is 3.83. The number of hydrogen-bond acceptors (Lipinski definition) is 12. The van der Waals surface area contributed by atoms with Crippen LogP contribution in [0.25, 0.3) is 0 Å². The molecule has 0 saturated heterocycles. The molecular weight excluding hydrogens is 560 g/mol. The Morgan fingerprint density at radius 1 is 0.744 bits per heavy atom. The topological polar surface area (TPSA) is 242 Å². The zero-order valence-corrected chi connectivity index (χ0v) is 24.3. The third-order valence-corrected chi connectivity index (χ3v) is 6.77. The minimum Gasteiger partial charge on any atom is -0.449 e. The van der Waals surface area contributed by atoms with Crippen molar-refractivity contribution >= 4 is 23.6 Å². The van der Waals surface area contributed by atoms with E-state index in [0.717, 1.165) is 35.6 Å². The highest BCUT2D eigenvalue weighted by atomic mass is 16.6. The molecule has 0 unspecified atom stereocenters. The second kappa shape index (κ2) is 14.5. The summed E-state index contributed by atoms with van der Waals surface area (Å²) < 4.78 is 9.78. The molecule has 4 heterocycles. The maximum absolute atomic E-state index is 11.8. The van der Waals surface area contributed by atoms with E-state index < -0.39 is 12.2 Å². The fraction of sp³-hybridized carbons (Fsp3) is 0.440. The van der Waals surface area contributed by atoms with Crippen molar-refractivity contribution in [3.63, 3.8) is 0 Å². The molecule has 4 rings (SSSR count). The summed E-state index contributed by atoms with van der Waals surface area (Å²) in [6.07, 6.45) is 0.801. The highest BCUT2D eigenvalue weighted by Gasteiger charge is 2.34. The standard InChI is InChI=1S/C25H34N14O4/c1-5-25(6-2,19-11-9-15(26-19)13-17(21-30-36-37-31-21)28-34-23(40)42-7-3)20-12-10-16(27-20)14-18(22-32-38-39-33-22)29-35-24(41)43-8-4/h9-12,26-27H,5-8,13-14H2,1-4H3,(H,34,40)(H,35,41)(H,30,31,36,37)(H,32,33,38,39)/b28-17-,29-18-. The number of nitrogens with zero attached hydrogens (tertiary/aromatic N) is 8. The predicted molar refractivity (Wildman–Crippen MR) is 152 cm³/mol. The smallest absolute Gasteiger partial charge is 0.427 e. The van der Waals surface area contributed by atoms with Gasteiger partial charge in [0.1, 0.15) is 11.4 Å². The lowest BCUT2D eigenvalue weighted by molar-refractivity contribution is 0.151. The number of ether oxygens (including phenoxy) is 2. The van der Waals surface area contributed by atoms with Crippen molar-refractivity contribution in [3.8, 4) is 0 Å². The minimum absolute atomic E-state index is 0.213. The molecule has 0 fully saturated rings.